The summed E-state index contributed by atoms with van der Waals surface area (Å²) in [5.41, 5.74) is 7.67. The van der Waals surface area contributed by atoms with Crippen LogP contribution in [0.15, 0.2) is 18.2 Å². The molecule has 1 rings (SSSR count). The summed E-state index contributed by atoms with van der Waals surface area (Å²) in [5.74, 6) is 0.128. The molecule has 0 aliphatic heterocycles. The van der Waals surface area contributed by atoms with E-state index in [4.69, 9.17) is 5.73 Å². The fraction of sp³-hybridized carbons (Fsp3) is 0.500. The topological polar surface area (TPSA) is 60.2 Å². The Kier molecular flexibility index (Phi) is 6.43. The largest absolute Gasteiger partial charge is 0.326 e. The molecular formula is C16H23NO2. The Morgan fingerprint density at radius 3 is 2.47 bits per heavy atom. The monoisotopic (exact) mass is 261 g/mol. The molecule has 0 saturated carbocycles. The van der Waals surface area contributed by atoms with Crippen molar-refractivity contribution in [1.29, 1.82) is 0 Å². The van der Waals surface area contributed by atoms with Gasteiger partial charge in [0.1, 0.15) is 0 Å². The predicted octanol–water partition coefficient (Wildman–Crippen LogP) is 3.50. The first-order valence-corrected chi connectivity index (χ1v) is 6.97. The quantitative estimate of drug-likeness (QED) is 0.575. The maximum atomic E-state index is 12.0. The minimum Gasteiger partial charge on any atom is -0.326 e. The molecule has 3 heteroatoms. The summed E-state index contributed by atoms with van der Waals surface area (Å²) in [6.45, 7) is 3.95. The number of carbonyl (C=O) groups is 2. The molecule has 0 aliphatic carbocycles. The number of ketones is 2. The van der Waals surface area contributed by atoms with Crippen LogP contribution in [0.2, 0.25) is 0 Å². The molecule has 19 heavy (non-hydrogen) atoms. The lowest BCUT2D eigenvalue weighted by Gasteiger charge is -2.07. The van der Waals surface area contributed by atoms with Crippen LogP contribution in [0.4, 0.5) is 0 Å². The van der Waals surface area contributed by atoms with Gasteiger partial charge in [-0.25, -0.2) is 0 Å². The minimum atomic E-state index is -0.0117. The van der Waals surface area contributed by atoms with Crippen molar-refractivity contribution in [3.63, 3.8) is 0 Å². The standard InChI is InChI=1S/C16H23NO2/c1-3-4-5-6-7-16(19)13-8-9-15(12(2)18)14(10-13)11-17/h8-10H,3-7,11,17H2,1-2H3. The van der Waals surface area contributed by atoms with E-state index in [1.807, 2.05) is 0 Å². The maximum Gasteiger partial charge on any atom is 0.162 e. The summed E-state index contributed by atoms with van der Waals surface area (Å²) >= 11 is 0. The van der Waals surface area contributed by atoms with Crippen molar-refractivity contribution < 1.29 is 9.59 Å². The number of Topliss-reactive ketones (excluding diaryl/α,β-unsaturated/α-hetero) is 2. The van der Waals surface area contributed by atoms with Crippen LogP contribution in [0.5, 0.6) is 0 Å². The zero-order valence-corrected chi connectivity index (χ0v) is 11.9. The molecule has 0 fully saturated rings. The van der Waals surface area contributed by atoms with Gasteiger partial charge in [-0.15, -0.1) is 0 Å². The molecule has 3 nitrogen and oxygen atoms in total. The Labute approximate surface area is 115 Å². The van der Waals surface area contributed by atoms with Crippen molar-refractivity contribution in [2.24, 2.45) is 5.73 Å². The molecule has 1 aromatic rings. The lowest BCUT2D eigenvalue weighted by atomic mass is 9.97. The highest BCUT2D eigenvalue weighted by molar-refractivity contribution is 5.99. The number of unbranched alkanes of at least 4 members (excludes halogenated alkanes) is 3. The van der Waals surface area contributed by atoms with Crippen molar-refractivity contribution in [2.45, 2.75) is 52.5 Å². The van der Waals surface area contributed by atoms with E-state index in [0.717, 1.165) is 18.4 Å². The van der Waals surface area contributed by atoms with Gasteiger partial charge in [-0.2, -0.15) is 0 Å². The van der Waals surface area contributed by atoms with Gasteiger partial charge < -0.3 is 5.73 Å². The van der Waals surface area contributed by atoms with Crippen LogP contribution in [0.25, 0.3) is 0 Å². The second kappa shape index (κ2) is 7.85. The van der Waals surface area contributed by atoms with Gasteiger partial charge in [0.2, 0.25) is 0 Å². The molecule has 0 atom stereocenters. The van der Waals surface area contributed by atoms with Crippen molar-refractivity contribution in [2.75, 3.05) is 0 Å². The summed E-state index contributed by atoms with van der Waals surface area (Å²) in [6, 6.07) is 5.21. The highest BCUT2D eigenvalue weighted by Crippen LogP contribution is 2.15. The first kappa shape index (κ1) is 15.6. The van der Waals surface area contributed by atoms with E-state index in [9.17, 15) is 9.59 Å². The molecular weight excluding hydrogens is 238 g/mol. The third-order valence-corrected chi connectivity index (χ3v) is 3.28. The average molecular weight is 261 g/mol. The molecule has 0 bridgehead atoms. The van der Waals surface area contributed by atoms with E-state index >= 15 is 0 Å². The average Bonchev–Trinajstić information content (AvgIpc) is 2.42. The first-order chi connectivity index (χ1) is 9.10. The number of rotatable bonds is 8. The fourth-order valence-corrected chi connectivity index (χ4v) is 2.14. The Hall–Kier alpha value is -1.48. The number of benzene rings is 1. The van der Waals surface area contributed by atoms with Gasteiger partial charge in [0.15, 0.2) is 11.6 Å². The van der Waals surface area contributed by atoms with Crippen molar-refractivity contribution in [3.8, 4) is 0 Å². The number of carbonyl (C=O) groups excluding carboxylic acids is 2. The summed E-state index contributed by atoms with van der Waals surface area (Å²) in [4.78, 5) is 23.4. The molecule has 2 N–H and O–H groups in total. The number of nitrogens with two attached hydrogens (primary N) is 1. The van der Waals surface area contributed by atoms with Crippen molar-refractivity contribution in [3.05, 3.63) is 34.9 Å². The molecule has 0 radical (unpaired) electrons. The molecule has 0 unspecified atom stereocenters. The van der Waals surface area contributed by atoms with Crippen LogP contribution < -0.4 is 5.73 Å². The van der Waals surface area contributed by atoms with E-state index in [1.54, 1.807) is 18.2 Å². The SMILES string of the molecule is CCCCCCC(=O)c1ccc(C(C)=O)c(CN)c1. The van der Waals surface area contributed by atoms with Crippen molar-refractivity contribution in [1.82, 2.24) is 0 Å². The molecule has 104 valence electrons. The second-order valence-electron chi connectivity index (χ2n) is 4.87. The third kappa shape index (κ3) is 4.60. The maximum absolute atomic E-state index is 12.0. The first-order valence-electron chi connectivity index (χ1n) is 6.97. The Morgan fingerprint density at radius 1 is 1.16 bits per heavy atom. The van der Waals surface area contributed by atoms with Crippen LogP contribution in [0, 0.1) is 0 Å². The van der Waals surface area contributed by atoms with Crippen LogP contribution in [0.3, 0.4) is 0 Å². The zero-order chi connectivity index (χ0) is 14.3. The van der Waals surface area contributed by atoms with E-state index < -0.39 is 0 Å². The minimum absolute atomic E-state index is 0.0117. The fourth-order valence-electron chi connectivity index (χ4n) is 2.14. The highest BCUT2D eigenvalue weighted by atomic mass is 16.1. The zero-order valence-electron chi connectivity index (χ0n) is 11.9. The number of hydrogen-bond donors (Lipinski definition) is 1. The summed E-state index contributed by atoms with van der Waals surface area (Å²) in [5, 5.41) is 0. The molecule has 0 spiro atoms. The van der Waals surface area contributed by atoms with Crippen LogP contribution in [-0.4, -0.2) is 11.6 Å². The third-order valence-electron chi connectivity index (χ3n) is 3.28. The Bertz CT molecular complexity index is 452. The van der Waals surface area contributed by atoms with Gasteiger partial charge in [0, 0.05) is 24.1 Å². The van der Waals surface area contributed by atoms with Gasteiger partial charge >= 0.3 is 0 Å². The second-order valence-corrected chi connectivity index (χ2v) is 4.87. The van der Waals surface area contributed by atoms with Gasteiger partial charge in [-0.05, 0) is 25.0 Å². The van der Waals surface area contributed by atoms with Crippen LogP contribution in [0.1, 0.15) is 72.2 Å². The van der Waals surface area contributed by atoms with Gasteiger partial charge in [0.25, 0.3) is 0 Å². The molecule has 0 aromatic heterocycles. The van der Waals surface area contributed by atoms with Gasteiger partial charge in [-0.1, -0.05) is 38.3 Å². The molecule has 0 saturated heterocycles. The van der Waals surface area contributed by atoms with E-state index in [1.165, 1.54) is 19.8 Å². The molecule has 0 aliphatic rings. The Morgan fingerprint density at radius 2 is 1.89 bits per heavy atom. The molecule has 0 heterocycles. The summed E-state index contributed by atoms with van der Waals surface area (Å²) < 4.78 is 0. The van der Waals surface area contributed by atoms with Crippen molar-refractivity contribution >= 4 is 11.6 Å². The smallest absolute Gasteiger partial charge is 0.162 e. The lowest BCUT2D eigenvalue weighted by molar-refractivity contribution is 0.0975. The Balaban J connectivity index is 2.73. The number of hydrogen-bond acceptors (Lipinski definition) is 3. The summed E-state index contributed by atoms with van der Waals surface area (Å²) in [6.07, 6.45) is 4.93. The van der Waals surface area contributed by atoms with E-state index in [2.05, 4.69) is 6.92 Å². The van der Waals surface area contributed by atoms with Crippen LogP contribution in [-0.2, 0) is 6.54 Å². The molecule has 1 aromatic carbocycles. The van der Waals surface area contributed by atoms with E-state index in [-0.39, 0.29) is 18.1 Å². The van der Waals surface area contributed by atoms with E-state index in [0.29, 0.717) is 17.5 Å². The molecule has 0 amide bonds. The van der Waals surface area contributed by atoms with Gasteiger partial charge in [-0.3, -0.25) is 9.59 Å². The normalized spacial score (nSPS) is 10.5. The van der Waals surface area contributed by atoms with Crippen LogP contribution >= 0.6 is 0 Å². The van der Waals surface area contributed by atoms with Gasteiger partial charge in [0.05, 0.1) is 0 Å². The predicted molar refractivity (Wildman–Crippen MR) is 77.4 cm³/mol. The lowest BCUT2D eigenvalue weighted by Crippen LogP contribution is -2.08. The highest BCUT2D eigenvalue weighted by Gasteiger charge is 2.11. The summed E-state index contributed by atoms with van der Waals surface area (Å²) in [7, 11) is 0.